The number of benzene rings is 2. The van der Waals surface area contributed by atoms with Gasteiger partial charge in [0.1, 0.15) is 5.75 Å². The van der Waals surface area contributed by atoms with Gasteiger partial charge in [0.15, 0.2) is 0 Å². The SMILES string of the molecule is CCN1CCN(C(=O)c2ccc(OC)c(-c3ccccc3)c2)CC1. The van der Waals surface area contributed by atoms with Gasteiger partial charge < -0.3 is 14.5 Å². The number of nitrogens with zero attached hydrogens (tertiary/aromatic N) is 2. The van der Waals surface area contributed by atoms with Crippen LogP contribution in [0.4, 0.5) is 0 Å². The Morgan fingerprint density at radius 1 is 1.04 bits per heavy atom. The van der Waals surface area contributed by atoms with Crippen LogP contribution in [0.15, 0.2) is 48.5 Å². The summed E-state index contributed by atoms with van der Waals surface area (Å²) in [5.74, 6) is 0.888. The van der Waals surface area contributed by atoms with Crippen molar-refractivity contribution in [3.05, 3.63) is 54.1 Å². The number of hydrogen-bond acceptors (Lipinski definition) is 3. The van der Waals surface area contributed by atoms with E-state index in [4.69, 9.17) is 4.74 Å². The van der Waals surface area contributed by atoms with E-state index in [0.29, 0.717) is 0 Å². The Morgan fingerprint density at radius 3 is 2.38 bits per heavy atom. The van der Waals surface area contributed by atoms with Gasteiger partial charge in [0.2, 0.25) is 0 Å². The van der Waals surface area contributed by atoms with Gasteiger partial charge in [-0.25, -0.2) is 0 Å². The largest absolute Gasteiger partial charge is 0.496 e. The second kappa shape index (κ2) is 7.49. The highest BCUT2D eigenvalue weighted by atomic mass is 16.5. The highest BCUT2D eigenvalue weighted by Gasteiger charge is 2.22. The van der Waals surface area contributed by atoms with Crippen LogP contribution < -0.4 is 4.74 Å². The van der Waals surface area contributed by atoms with E-state index < -0.39 is 0 Å². The van der Waals surface area contributed by atoms with E-state index in [2.05, 4.69) is 11.8 Å². The van der Waals surface area contributed by atoms with Crippen LogP contribution in [0.3, 0.4) is 0 Å². The zero-order valence-corrected chi connectivity index (χ0v) is 14.4. The molecule has 0 bridgehead atoms. The maximum absolute atomic E-state index is 12.8. The molecule has 1 heterocycles. The summed E-state index contributed by atoms with van der Waals surface area (Å²) in [5, 5.41) is 0. The van der Waals surface area contributed by atoms with Gasteiger partial charge in [-0.15, -0.1) is 0 Å². The van der Waals surface area contributed by atoms with Gasteiger partial charge in [-0.3, -0.25) is 4.79 Å². The van der Waals surface area contributed by atoms with Gasteiger partial charge in [0.25, 0.3) is 5.91 Å². The summed E-state index contributed by atoms with van der Waals surface area (Å²) in [6.07, 6.45) is 0. The maximum atomic E-state index is 12.8. The molecular weight excluding hydrogens is 300 g/mol. The molecule has 0 aromatic heterocycles. The lowest BCUT2D eigenvalue weighted by Gasteiger charge is -2.34. The van der Waals surface area contributed by atoms with Crippen molar-refractivity contribution in [1.82, 2.24) is 9.80 Å². The third-order valence-electron chi connectivity index (χ3n) is 4.64. The molecule has 126 valence electrons. The van der Waals surface area contributed by atoms with Crippen LogP contribution >= 0.6 is 0 Å². The van der Waals surface area contributed by atoms with E-state index in [1.165, 1.54) is 0 Å². The molecule has 1 amide bonds. The molecule has 4 nitrogen and oxygen atoms in total. The molecule has 1 aliphatic rings. The summed E-state index contributed by atoms with van der Waals surface area (Å²) >= 11 is 0. The number of piperazine rings is 1. The third kappa shape index (κ3) is 3.44. The van der Waals surface area contributed by atoms with Crippen LogP contribution in [0.1, 0.15) is 17.3 Å². The quantitative estimate of drug-likeness (QED) is 0.866. The third-order valence-corrected chi connectivity index (χ3v) is 4.64. The normalized spacial score (nSPS) is 15.3. The zero-order valence-electron chi connectivity index (χ0n) is 14.4. The lowest BCUT2D eigenvalue weighted by atomic mass is 10.0. The summed E-state index contributed by atoms with van der Waals surface area (Å²) in [4.78, 5) is 17.2. The van der Waals surface area contributed by atoms with E-state index in [0.717, 1.165) is 55.2 Å². The van der Waals surface area contributed by atoms with Crippen molar-refractivity contribution in [2.75, 3.05) is 39.8 Å². The first-order valence-electron chi connectivity index (χ1n) is 8.48. The predicted molar refractivity (Wildman–Crippen MR) is 96.4 cm³/mol. The minimum atomic E-state index is 0.102. The average Bonchev–Trinajstić information content (AvgIpc) is 2.67. The van der Waals surface area contributed by atoms with E-state index in [9.17, 15) is 4.79 Å². The molecule has 2 aromatic carbocycles. The number of hydrogen-bond donors (Lipinski definition) is 0. The van der Waals surface area contributed by atoms with E-state index in [1.54, 1.807) is 7.11 Å². The van der Waals surface area contributed by atoms with Crippen molar-refractivity contribution in [2.45, 2.75) is 6.92 Å². The minimum absolute atomic E-state index is 0.102. The summed E-state index contributed by atoms with van der Waals surface area (Å²) in [5.41, 5.74) is 2.73. The Morgan fingerprint density at radius 2 is 1.75 bits per heavy atom. The number of carbonyl (C=O) groups is 1. The molecule has 0 spiro atoms. The molecular formula is C20H24N2O2. The molecule has 0 saturated carbocycles. The first kappa shape index (κ1) is 16.5. The number of methoxy groups -OCH3 is 1. The first-order chi connectivity index (χ1) is 11.7. The number of rotatable bonds is 4. The summed E-state index contributed by atoms with van der Waals surface area (Å²) < 4.78 is 5.48. The fourth-order valence-electron chi connectivity index (χ4n) is 3.13. The Kier molecular flexibility index (Phi) is 5.16. The topological polar surface area (TPSA) is 32.8 Å². The standard InChI is InChI=1S/C20H24N2O2/c1-3-21-11-13-22(14-12-21)20(23)17-9-10-19(24-2)18(15-17)16-7-5-4-6-8-16/h4-10,15H,3,11-14H2,1-2H3. The van der Waals surface area contributed by atoms with Crippen LogP contribution in [0.2, 0.25) is 0 Å². The molecule has 0 radical (unpaired) electrons. The van der Waals surface area contributed by atoms with Crippen molar-refractivity contribution in [3.8, 4) is 16.9 Å². The van der Waals surface area contributed by atoms with Gasteiger partial charge in [0, 0.05) is 37.3 Å². The number of amides is 1. The highest BCUT2D eigenvalue weighted by Crippen LogP contribution is 2.31. The summed E-state index contributed by atoms with van der Waals surface area (Å²) in [6, 6.07) is 15.7. The Labute approximate surface area is 143 Å². The molecule has 1 fully saturated rings. The van der Waals surface area contributed by atoms with Crippen LogP contribution in [-0.2, 0) is 0 Å². The van der Waals surface area contributed by atoms with Crippen molar-refractivity contribution in [3.63, 3.8) is 0 Å². The van der Waals surface area contributed by atoms with Gasteiger partial charge in [-0.2, -0.15) is 0 Å². The van der Waals surface area contributed by atoms with Crippen molar-refractivity contribution >= 4 is 5.91 Å². The van der Waals surface area contributed by atoms with Crippen LogP contribution in [0.5, 0.6) is 5.75 Å². The highest BCUT2D eigenvalue weighted by molar-refractivity contribution is 5.96. The summed E-state index contributed by atoms with van der Waals surface area (Å²) in [7, 11) is 1.66. The second-order valence-electron chi connectivity index (χ2n) is 6.01. The van der Waals surface area contributed by atoms with Crippen LogP contribution in [0.25, 0.3) is 11.1 Å². The van der Waals surface area contributed by atoms with Crippen molar-refractivity contribution in [2.24, 2.45) is 0 Å². The fourth-order valence-corrected chi connectivity index (χ4v) is 3.13. The van der Waals surface area contributed by atoms with Gasteiger partial charge >= 0.3 is 0 Å². The maximum Gasteiger partial charge on any atom is 0.253 e. The molecule has 0 atom stereocenters. The minimum Gasteiger partial charge on any atom is -0.496 e. The molecule has 0 unspecified atom stereocenters. The fraction of sp³-hybridized carbons (Fsp3) is 0.350. The lowest BCUT2D eigenvalue weighted by Crippen LogP contribution is -2.48. The monoisotopic (exact) mass is 324 g/mol. The van der Waals surface area contributed by atoms with Gasteiger partial charge in [0.05, 0.1) is 7.11 Å². The number of carbonyl (C=O) groups excluding carboxylic acids is 1. The van der Waals surface area contributed by atoms with Crippen LogP contribution in [-0.4, -0.2) is 55.5 Å². The van der Waals surface area contributed by atoms with Gasteiger partial charge in [-0.05, 0) is 30.3 Å². The lowest BCUT2D eigenvalue weighted by molar-refractivity contribution is 0.0643. The average molecular weight is 324 g/mol. The Balaban J connectivity index is 1.85. The van der Waals surface area contributed by atoms with Gasteiger partial charge in [-0.1, -0.05) is 37.3 Å². The van der Waals surface area contributed by atoms with Crippen molar-refractivity contribution < 1.29 is 9.53 Å². The van der Waals surface area contributed by atoms with Crippen molar-refractivity contribution in [1.29, 1.82) is 0 Å². The molecule has 3 rings (SSSR count). The molecule has 24 heavy (non-hydrogen) atoms. The molecule has 1 aliphatic heterocycles. The smallest absolute Gasteiger partial charge is 0.253 e. The Hall–Kier alpha value is -2.33. The zero-order chi connectivity index (χ0) is 16.9. The predicted octanol–water partition coefficient (Wildman–Crippen LogP) is 3.14. The Bertz CT molecular complexity index is 692. The number of ether oxygens (including phenoxy) is 1. The second-order valence-corrected chi connectivity index (χ2v) is 6.01. The van der Waals surface area contributed by atoms with E-state index >= 15 is 0 Å². The molecule has 4 heteroatoms. The number of likely N-dealkylation sites (N-methyl/N-ethyl adjacent to an activating group) is 1. The molecule has 0 N–H and O–H groups in total. The summed E-state index contributed by atoms with van der Waals surface area (Å²) in [6.45, 7) is 6.68. The van der Waals surface area contributed by atoms with E-state index in [1.807, 2.05) is 53.4 Å². The molecule has 2 aromatic rings. The van der Waals surface area contributed by atoms with Crippen LogP contribution in [0, 0.1) is 0 Å². The molecule has 1 saturated heterocycles. The van der Waals surface area contributed by atoms with E-state index in [-0.39, 0.29) is 5.91 Å². The first-order valence-corrected chi connectivity index (χ1v) is 8.48. The molecule has 0 aliphatic carbocycles.